The van der Waals surface area contributed by atoms with E-state index in [1.165, 1.54) is 46.7 Å². The van der Waals surface area contributed by atoms with Gasteiger partial charge in [0.05, 0.1) is 0 Å². The van der Waals surface area contributed by atoms with Gasteiger partial charge in [0.1, 0.15) is 0 Å². The minimum Gasteiger partial charge on any atom is -0.0870 e. The molecule has 0 atom stereocenters. The van der Waals surface area contributed by atoms with Crippen LogP contribution in [0.3, 0.4) is 0 Å². The van der Waals surface area contributed by atoms with Gasteiger partial charge in [0, 0.05) is 19.6 Å². The van der Waals surface area contributed by atoms with Crippen LogP contribution in [0.25, 0.3) is 21.5 Å². The molecule has 4 aromatic rings. The van der Waals surface area contributed by atoms with Crippen molar-refractivity contribution in [2.45, 2.75) is 26.5 Å². The van der Waals surface area contributed by atoms with E-state index in [0.29, 0.717) is 0 Å². The molecular formula is C21H14S2. The third kappa shape index (κ3) is 2.02. The Hall–Kier alpha value is -1.90. The van der Waals surface area contributed by atoms with Crippen LogP contribution in [-0.4, -0.2) is 0 Å². The first-order valence-electron chi connectivity index (χ1n) is 7.71. The number of hydrogen-bond acceptors (Lipinski definition) is 2. The van der Waals surface area contributed by atoms with Gasteiger partial charge in [-0.15, -0.1) is 0 Å². The molecule has 0 spiro atoms. The lowest BCUT2D eigenvalue weighted by Gasteiger charge is -2.22. The lowest BCUT2D eigenvalue weighted by atomic mass is 10.0. The molecule has 0 saturated carbocycles. The lowest BCUT2D eigenvalue weighted by molar-refractivity contribution is 1.17. The average Bonchev–Trinajstić information content (AvgIpc) is 2.60. The fourth-order valence-corrected chi connectivity index (χ4v) is 5.91. The summed E-state index contributed by atoms with van der Waals surface area (Å²) in [7, 11) is 0. The summed E-state index contributed by atoms with van der Waals surface area (Å²) in [6.45, 7) is 2.17. The fourth-order valence-electron chi connectivity index (χ4n) is 3.28. The van der Waals surface area contributed by atoms with Gasteiger partial charge in [-0.05, 0) is 46.2 Å². The Bertz CT molecular complexity index is 1080. The van der Waals surface area contributed by atoms with E-state index >= 15 is 0 Å². The Morgan fingerprint density at radius 3 is 1.70 bits per heavy atom. The molecule has 4 aromatic carbocycles. The van der Waals surface area contributed by atoms with E-state index in [-0.39, 0.29) is 0 Å². The summed E-state index contributed by atoms with van der Waals surface area (Å²) in [6, 6.07) is 24.3. The van der Waals surface area contributed by atoms with Crippen LogP contribution in [0.5, 0.6) is 0 Å². The van der Waals surface area contributed by atoms with Gasteiger partial charge in [0.25, 0.3) is 0 Å². The maximum Gasteiger partial charge on any atom is 0.0347 e. The molecule has 5 rings (SSSR count). The first-order valence-corrected chi connectivity index (χ1v) is 9.34. The zero-order valence-electron chi connectivity index (χ0n) is 12.7. The summed E-state index contributed by atoms with van der Waals surface area (Å²) < 4.78 is 0. The molecule has 0 unspecified atom stereocenters. The van der Waals surface area contributed by atoms with Crippen molar-refractivity contribution in [3.8, 4) is 0 Å². The van der Waals surface area contributed by atoms with Crippen molar-refractivity contribution < 1.29 is 0 Å². The number of aryl methyl sites for hydroxylation is 1. The van der Waals surface area contributed by atoms with E-state index in [2.05, 4.69) is 73.7 Å². The summed E-state index contributed by atoms with van der Waals surface area (Å²) in [5.74, 6) is 0. The van der Waals surface area contributed by atoms with Crippen molar-refractivity contribution in [1.82, 2.24) is 0 Å². The summed E-state index contributed by atoms with van der Waals surface area (Å²) in [5, 5.41) is 5.44. The van der Waals surface area contributed by atoms with E-state index in [1.807, 2.05) is 23.5 Å². The highest BCUT2D eigenvalue weighted by atomic mass is 32.2. The SMILES string of the molecule is Cc1ccc2c(c1)Sc1c(c3ccccc3c3ccccc13)S2. The predicted octanol–water partition coefficient (Wildman–Crippen LogP) is 6.92. The molecule has 1 aliphatic rings. The zero-order valence-corrected chi connectivity index (χ0v) is 14.3. The minimum absolute atomic E-state index is 1.32. The number of benzene rings is 4. The van der Waals surface area contributed by atoms with Gasteiger partial charge in [-0.1, -0.05) is 78.1 Å². The highest BCUT2D eigenvalue weighted by Crippen LogP contribution is 2.54. The number of hydrogen-bond donors (Lipinski definition) is 0. The maximum atomic E-state index is 2.31. The monoisotopic (exact) mass is 330 g/mol. The molecule has 0 radical (unpaired) electrons. The first kappa shape index (κ1) is 13.5. The Morgan fingerprint density at radius 1 is 0.565 bits per heavy atom. The van der Waals surface area contributed by atoms with Gasteiger partial charge < -0.3 is 0 Å². The van der Waals surface area contributed by atoms with Gasteiger partial charge in [0.15, 0.2) is 0 Å². The maximum absolute atomic E-state index is 2.31. The summed E-state index contributed by atoms with van der Waals surface area (Å²) in [5.41, 5.74) is 1.32. The van der Waals surface area contributed by atoms with Gasteiger partial charge in [0.2, 0.25) is 0 Å². The molecule has 110 valence electrons. The van der Waals surface area contributed by atoms with Gasteiger partial charge in [-0.2, -0.15) is 0 Å². The topological polar surface area (TPSA) is 0 Å². The van der Waals surface area contributed by atoms with E-state index in [1.54, 1.807) is 0 Å². The van der Waals surface area contributed by atoms with Gasteiger partial charge >= 0.3 is 0 Å². The van der Waals surface area contributed by atoms with Crippen LogP contribution in [0.4, 0.5) is 0 Å². The lowest BCUT2D eigenvalue weighted by Crippen LogP contribution is -1.93. The number of fused-ring (bicyclic) bond motifs is 7. The summed E-state index contributed by atoms with van der Waals surface area (Å²) in [4.78, 5) is 5.56. The van der Waals surface area contributed by atoms with Gasteiger partial charge in [-0.3, -0.25) is 0 Å². The molecule has 0 aliphatic carbocycles. The minimum atomic E-state index is 1.32. The second-order valence-electron chi connectivity index (χ2n) is 5.90. The van der Waals surface area contributed by atoms with E-state index in [4.69, 9.17) is 0 Å². The predicted molar refractivity (Wildman–Crippen MR) is 101 cm³/mol. The van der Waals surface area contributed by atoms with Gasteiger partial charge in [-0.25, -0.2) is 0 Å². The molecule has 1 aliphatic heterocycles. The second kappa shape index (κ2) is 5.05. The van der Waals surface area contributed by atoms with Crippen molar-refractivity contribution in [3.63, 3.8) is 0 Å². The molecule has 0 saturated heterocycles. The van der Waals surface area contributed by atoms with E-state index in [0.717, 1.165) is 0 Å². The molecule has 0 fully saturated rings. The van der Waals surface area contributed by atoms with Crippen LogP contribution in [-0.2, 0) is 0 Å². The molecule has 23 heavy (non-hydrogen) atoms. The molecule has 1 heterocycles. The quantitative estimate of drug-likeness (QED) is 0.283. The molecule has 0 nitrogen and oxygen atoms in total. The zero-order chi connectivity index (χ0) is 15.4. The number of rotatable bonds is 0. The smallest absolute Gasteiger partial charge is 0.0347 e. The van der Waals surface area contributed by atoms with Crippen LogP contribution in [0.15, 0.2) is 86.3 Å². The summed E-state index contributed by atoms with van der Waals surface area (Å²) >= 11 is 3.83. The molecule has 0 aromatic heterocycles. The Morgan fingerprint density at radius 2 is 1.09 bits per heavy atom. The average molecular weight is 330 g/mol. The Kier molecular flexibility index (Phi) is 2.97. The normalized spacial score (nSPS) is 13.1. The first-order chi connectivity index (χ1) is 11.3. The van der Waals surface area contributed by atoms with Crippen molar-refractivity contribution in [2.24, 2.45) is 0 Å². The third-order valence-electron chi connectivity index (χ3n) is 4.36. The van der Waals surface area contributed by atoms with E-state index in [9.17, 15) is 0 Å². The Balaban J connectivity index is 1.91. The second-order valence-corrected chi connectivity index (χ2v) is 8.01. The van der Waals surface area contributed by atoms with Crippen LogP contribution in [0.1, 0.15) is 5.56 Å². The summed E-state index contributed by atoms with van der Waals surface area (Å²) in [6.07, 6.45) is 0. The molecule has 2 heteroatoms. The van der Waals surface area contributed by atoms with Crippen molar-refractivity contribution in [1.29, 1.82) is 0 Å². The van der Waals surface area contributed by atoms with Crippen LogP contribution < -0.4 is 0 Å². The van der Waals surface area contributed by atoms with Crippen molar-refractivity contribution in [3.05, 3.63) is 72.3 Å². The van der Waals surface area contributed by atoms with Crippen molar-refractivity contribution in [2.75, 3.05) is 0 Å². The third-order valence-corrected chi connectivity index (χ3v) is 7.01. The largest absolute Gasteiger partial charge is 0.0870 e. The Labute approximate surface area is 143 Å². The molecule has 0 N–H and O–H groups in total. The standard InChI is InChI=1S/C21H14S2/c1-13-10-11-18-19(12-13)23-21-17-9-5-3-7-15(17)14-6-2-4-8-16(14)20(21)22-18/h2-12H,1H3. The highest BCUT2D eigenvalue weighted by Gasteiger charge is 2.22. The molecule has 0 bridgehead atoms. The highest BCUT2D eigenvalue weighted by molar-refractivity contribution is 8.05. The molecular weight excluding hydrogens is 316 g/mol. The van der Waals surface area contributed by atoms with Crippen molar-refractivity contribution >= 4 is 45.1 Å². The molecule has 0 amide bonds. The van der Waals surface area contributed by atoms with Crippen LogP contribution >= 0.6 is 23.5 Å². The fraction of sp³-hybridized carbons (Fsp3) is 0.0476. The van der Waals surface area contributed by atoms with Crippen LogP contribution in [0.2, 0.25) is 0 Å². The van der Waals surface area contributed by atoms with Crippen LogP contribution in [0, 0.1) is 6.92 Å². The van der Waals surface area contributed by atoms with E-state index < -0.39 is 0 Å².